The summed E-state index contributed by atoms with van der Waals surface area (Å²) in [6.45, 7) is 4.35. The Kier molecular flexibility index (Phi) is 9.94. The van der Waals surface area contributed by atoms with Crippen LogP contribution in [0.15, 0.2) is 0 Å². The molecule has 1 N–H and O–H groups in total. The first-order valence-corrected chi connectivity index (χ1v) is 5.72. The normalized spacial score (nSPS) is 13.2. The van der Waals surface area contributed by atoms with Crippen molar-refractivity contribution < 1.29 is 5.21 Å². The van der Waals surface area contributed by atoms with Crippen LogP contribution >= 0.6 is 0 Å². The van der Waals surface area contributed by atoms with Gasteiger partial charge in [0.1, 0.15) is 0 Å². The zero-order valence-electron chi connectivity index (χ0n) is 9.14. The molecule has 0 aliphatic heterocycles. The first-order valence-electron chi connectivity index (χ1n) is 5.72. The largest absolute Gasteiger partial charge is 0.165 e. The molecule has 0 bridgehead atoms. The molecule has 2 nitrogen and oxygen atoms in total. The molecule has 0 aliphatic rings. The number of nitrogens with one attached hydrogen (secondary N) is 1. The molecule has 0 amide bonds. The lowest BCUT2D eigenvalue weighted by Gasteiger charge is -2.11. The zero-order chi connectivity index (χ0) is 9.94. The zero-order valence-corrected chi connectivity index (χ0v) is 9.14. The van der Waals surface area contributed by atoms with E-state index in [2.05, 4.69) is 19.3 Å². The summed E-state index contributed by atoms with van der Waals surface area (Å²) in [5.41, 5.74) is 2.14. The number of hydrogen-bond acceptors (Lipinski definition) is 1. The average molecular weight is 186 g/mol. The van der Waals surface area contributed by atoms with E-state index in [0.29, 0.717) is 0 Å². The van der Waals surface area contributed by atoms with Gasteiger partial charge in [-0.3, -0.25) is 0 Å². The van der Waals surface area contributed by atoms with Gasteiger partial charge < -0.3 is 0 Å². The Morgan fingerprint density at radius 2 is 1.62 bits per heavy atom. The van der Waals surface area contributed by atoms with E-state index in [4.69, 9.17) is 0 Å². The third-order valence-electron chi connectivity index (χ3n) is 2.46. The van der Waals surface area contributed by atoms with E-state index >= 15 is 0 Å². The Bertz CT molecular complexity index is 96.1. The summed E-state index contributed by atoms with van der Waals surface area (Å²) in [4.78, 5) is 0. The maximum absolute atomic E-state index is 10.5. The monoisotopic (exact) mass is 186 g/mol. The molecular formula is C11H24NO. The Morgan fingerprint density at radius 3 is 2.15 bits per heavy atom. The average Bonchev–Trinajstić information content (AvgIpc) is 2.16. The van der Waals surface area contributed by atoms with Crippen molar-refractivity contribution in [3.05, 3.63) is 0 Å². The van der Waals surface area contributed by atoms with Gasteiger partial charge in [-0.05, 0) is 12.8 Å². The van der Waals surface area contributed by atoms with E-state index in [0.717, 1.165) is 19.3 Å². The Hall–Kier alpha value is -0.0800. The van der Waals surface area contributed by atoms with Gasteiger partial charge in [-0.2, -0.15) is 5.48 Å². The van der Waals surface area contributed by atoms with E-state index in [1.54, 1.807) is 0 Å². The summed E-state index contributed by atoms with van der Waals surface area (Å²) in [7, 11) is 0. The topological polar surface area (TPSA) is 31.9 Å². The van der Waals surface area contributed by atoms with Crippen LogP contribution in [0, 0.1) is 0 Å². The fraction of sp³-hybridized carbons (Fsp3) is 1.00. The maximum Gasteiger partial charge on any atom is 0.0352 e. The highest BCUT2D eigenvalue weighted by atomic mass is 16.5. The van der Waals surface area contributed by atoms with Crippen molar-refractivity contribution in [2.24, 2.45) is 0 Å². The quantitative estimate of drug-likeness (QED) is 0.434. The molecule has 1 atom stereocenters. The second-order valence-corrected chi connectivity index (χ2v) is 3.81. The third kappa shape index (κ3) is 8.26. The highest BCUT2D eigenvalue weighted by Crippen LogP contribution is 2.09. The summed E-state index contributed by atoms with van der Waals surface area (Å²) in [5, 5.41) is 10.5. The van der Waals surface area contributed by atoms with Crippen molar-refractivity contribution in [2.75, 3.05) is 0 Å². The highest BCUT2D eigenvalue weighted by molar-refractivity contribution is 4.60. The van der Waals surface area contributed by atoms with E-state index in [-0.39, 0.29) is 6.04 Å². The van der Waals surface area contributed by atoms with E-state index < -0.39 is 0 Å². The lowest BCUT2D eigenvalue weighted by Crippen LogP contribution is -2.23. The highest BCUT2D eigenvalue weighted by Gasteiger charge is 2.05. The van der Waals surface area contributed by atoms with Crippen LogP contribution in [0.25, 0.3) is 0 Å². The summed E-state index contributed by atoms with van der Waals surface area (Å²) >= 11 is 0. The first-order chi connectivity index (χ1) is 6.35. The number of rotatable bonds is 9. The minimum atomic E-state index is 0.214. The van der Waals surface area contributed by atoms with Crippen LogP contribution in [0.4, 0.5) is 0 Å². The van der Waals surface area contributed by atoms with Gasteiger partial charge in [0.2, 0.25) is 0 Å². The maximum atomic E-state index is 10.5. The van der Waals surface area contributed by atoms with Crippen LogP contribution in [0.1, 0.15) is 65.2 Å². The minimum Gasteiger partial charge on any atom is -0.165 e. The van der Waals surface area contributed by atoms with Crippen LogP contribution in [-0.2, 0) is 5.21 Å². The van der Waals surface area contributed by atoms with Crippen molar-refractivity contribution in [3.8, 4) is 0 Å². The number of unbranched alkanes of at least 4 members (excludes halogenated alkanes) is 4. The molecule has 0 heterocycles. The molecule has 79 valence electrons. The third-order valence-corrected chi connectivity index (χ3v) is 2.46. The molecule has 0 aromatic rings. The van der Waals surface area contributed by atoms with Crippen LogP contribution in [0.3, 0.4) is 0 Å². The lowest BCUT2D eigenvalue weighted by molar-refractivity contribution is 0.0375. The molecule has 0 saturated carbocycles. The van der Waals surface area contributed by atoms with Crippen molar-refractivity contribution in [2.45, 2.75) is 71.3 Å². The molecule has 1 radical (unpaired) electrons. The first kappa shape index (κ1) is 12.9. The smallest absolute Gasteiger partial charge is 0.0352 e. The van der Waals surface area contributed by atoms with Crippen molar-refractivity contribution in [1.82, 2.24) is 5.48 Å². The molecule has 0 spiro atoms. The molecule has 2 heteroatoms. The summed E-state index contributed by atoms with van der Waals surface area (Å²) in [6.07, 6.45) is 9.64. The predicted octanol–water partition coefficient (Wildman–Crippen LogP) is 3.45. The van der Waals surface area contributed by atoms with Gasteiger partial charge in [0, 0.05) is 6.04 Å². The van der Waals surface area contributed by atoms with Gasteiger partial charge in [0.25, 0.3) is 0 Å². The SMILES string of the molecule is CCCCCCCC(CCC)N[O]. The van der Waals surface area contributed by atoms with Gasteiger partial charge in [0.05, 0.1) is 0 Å². The van der Waals surface area contributed by atoms with Gasteiger partial charge in [0.15, 0.2) is 0 Å². The van der Waals surface area contributed by atoms with Gasteiger partial charge in [-0.1, -0.05) is 52.4 Å². The molecule has 13 heavy (non-hydrogen) atoms. The number of hydrogen-bond donors (Lipinski definition) is 1. The van der Waals surface area contributed by atoms with Gasteiger partial charge in [-0.15, -0.1) is 5.21 Å². The fourth-order valence-corrected chi connectivity index (χ4v) is 1.60. The van der Waals surface area contributed by atoms with Crippen LogP contribution in [0.2, 0.25) is 0 Å². The van der Waals surface area contributed by atoms with Crippen LogP contribution in [0.5, 0.6) is 0 Å². The second-order valence-electron chi connectivity index (χ2n) is 3.81. The molecule has 0 fully saturated rings. The molecule has 0 rings (SSSR count). The van der Waals surface area contributed by atoms with Crippen molar-refractivity contribution in [3.63, 3.8) is 0 Å². The number of hydroxylamine groups is 1. The lowest BCUT2D eigenvalue weighted by atomic mass is 10.0. The van der Waals surface area contributed by atoms with E-state index in [1.807, 2.05) is 0 Å². The summed E-state index contributed by atoms with van der Waals surface area (Å²) < 4.78 is 0. The van der Waals surface area contributed by atoms with Crippen molar-refractivity contribution >= 4 is 0 Å². The van der Waals surface area contributed by atoms with Gasteiger partial charge >= 0.3 is 0 Å². The molecule has 0 aromatic heterocycles. The summed E-state index contributed by atoms with van der Waals surface area (Å²) in [6, 6.07) is 0.214. The van der Waals surface area contributed by atoms with Crippen LogP contribution in [-0.4, -0.2) is 6.04 Å². The molecule has 1 unspecified atom stereocenters. The standard InChI is InChI=1S/C11H24NO/c1-3-5-6-7-8-10-11(12-13)9-4-2/h11-12H,3-10H2,1-2H3. The minimum absolute atomic E-state index is 0.214. The molecule has 0 aliphatic carbocycles. The van der Waals surface area contributed by atoms with E-state index in [1.165, 1.54) is 32.1 Å². The fourth-order valence-electron chi connectivity index (χ4n) is 1.60. The molecule has 0 aromatic carbocycles. The van der Waals surface area contributed by atoms with Gasteiger partial charge in [-0.25, -0.2) is 0 Å². The second kappa shape index (κ2) is 10.0. The van der Waals surface area contributed by atoms with Crippen LogP contribution < -0.4 is 5.48 Å². The Morgan fingerprint density at radius 1 is 0.923 bits per heavy atom. The Labute approximate surface area is 82.7 Å². The molecule has 0 saturated heterocycles. The predicted molar refractivity (Wildman–Crippen MR) is 55.9 cm³/mol. The van der Waals surface area contributed by atoms with Crippen molar-refractivity contribution in [1.29, 1.82) is 0 Å². The summed E-state index contributed by atoms with van der Waals surface area (Å²) in [5.74, 6) is 0. The van der Waals surface area contributed by atoms with E-state index in [9.17, 15) is 5.21 Å². The Balaban J connectivity index is 3.17. The molecular weight excluding hydrogens is 162 g/mol.